The molecule has 1 rings (SSSR count). The van der Waals surface area contributed by atoms with Gasteiger partial charge in [0, 0.05) is 0 Å². The van der Waals surface area contributed by atoms with E-state index in [1.165, 1.54) is 0 Å². The van der Waals surface area contributed by atoms with Crippen LogP contribution >= 0.6 is 0 Å². The minimum atomic E-state index is -1.60. The first kappa shape index (κ1) is 10.6. The Balaban J connectivity index is 3.58. The molecule has 0 aliphatic rings. The third-order valence-electron chi connectivity index (χ3n) is 1.76. The Morgan fingerprint density at radius 3 is 2.07 bits per heavy atom. The number of phenols is 2. The molecule has 80 valence electrons. The summed E-state index contributed by atoms with van der Waals surface area (Å²) in [6.07, 6.45) is 0. The number of anilines is 1. The van der Waals surface area contributed by atoms with Gasteiger partial charge in [0.25, 0.3) is 0 Å². The van der Waals surface area contributed by atoms with E-state index in [2.05, 4.69) is 0 Å². The molecule has 1 aromatic rings. The van der Waals surface area contributed by atoms with Crippen molar-refractivity contribution in [3.05, 3.63) is 17.2 Å². The number of carboxylic acid groups (broad SMARTS) is 2. The molecule has 0 heterocycles. The van der Waals surface area contributed by atoms with Crippen LogP contribution in [0.5, 0.6) is 11.5 Å². The van der Waals surface area contributed by atoms with Crippen molar-refractivity contribution in [2.45, 2.75) is 0 Å². The third kappa shape index (κ3) is 1.62. The van der Waals surface area contributed by atoms with Gasteiger partial charge in [0.2, 0.25) is 0 Å². The Bertz CT molecular complexity index is 453. The summed E-state index contributed by atoms with van der Waals surface area (Å²) in [5, 5.41) is 35.6. The molecule has 7 nitrogen and oxygen atoms in total. The van der Waals surface area contributed by atoms with Crippen LogP contribution in [0.1, 0.15) is 20.7 Å². The molecule has 0 aromatic heterocycles. The second-order valence-corrected chi connectivity index (χ2v) is 2.69. The topological polar surface area (TPSA) is 141 Å². The Morgan fingerprint density at radius 1 is 1.13 bits per heavy atom. The van der Waals surface area contributed by atoms with Crippen LogP contribution in [0, 0.1) is 0 Å². The van der Waals surface area contributed by atoms with Gasteiger partial charge < -0.3 is 26.2 Å². The van der Waals surface area contributed by atoms with Crippen LogP contribution < -0.4 is 5.73 Å². The molecule has 7 heteroatoms. The zero-order valence-corrected chi connectivity index (χ0v) is 7.26. The number of carbonyl (C=O) groups is 2. The summed E-state index contributed by atoms with van der Waals surface area (Å²) in [6.45, 7) is 0. The van der Waals surface area contributed by atoms with Gasteiger partial charge >= 0.3 is 11.9 Å². The number of aromatic hydroxyl groups is 2. The van der Waals surface area contributed by atoms with E-state index in [4.69, 9.17) is 21.1 Å². The lowest BCUT2D eigenvalue weighted by Crippen LogP contribution is -2.07. The zero-order valence-electron chi connectivity index (χ0n) is 7.26. The quantitative estimate of drug-likeness (QED) is 0.266. The molecule has 0 amide bonds. The fourth-order valence-electron chi connectivity index (χ4n) is 1.06. The van der Waals surface area contributed by atoms with Gasteiger partial charge in [0.05, 0.1) is 11.3 Å². The summed E-state index contributed by atoms with van der Waals surface area (Å²) in [4.78, 5) is 21.1. The van der Waals surface area contributed by atoms with Crippen molar-refractivity contribution >= 4 is 17.6 Å². The van der Waals surface area contributed by atoms with Gasteiger partial charge in [-0.2, -0.15) is 0 Å². The first-order valence-electron chi connectivity index (χ1n) is 3.67. The molecule has 0 atom stereocenters. The monoisotopic (exact) mass is 213 g/mol. The summed E-state index contributed by atoms with van der Waals surface area (Å²) in [5.74, 6) is -4.89. The lowest BCUT2D eigenvalue weighted by atomic mass is 10.1. The average molecular weight is 213 g/mol. The lowest BCUT2D eigenvalue weighted by Gasteiger charge is -2.08. The van der Waals surface area contributed by atoms with E-state index >= 15 is 0 Å². The van der Waals surface area contributed by atoms with E-state index in [1.807, 2.05) is 0 Å². The number of carboxylic acids is 2. The SMILES string of the molecule is Nc1c(C(=O)O)cc(O)c(C(=O)O)c1O. The summed E-state index contributed by atoms with van der Waals surface area (Å²) in [7, 11) is 0. The van der Waals surface area contributed by atoms with Crippen LogP contribution in [0.2, 0.25) is 0 Å². The van der Waals surface area contributed by atoms with E-state index < -0.39 is 40.3 Å². The van der Waals surface area contributed by atoms with Crippen LogP contribution in [0.3, 0.4) is 0 Å². The standard InChI is InChI=1S/C8H7NO6/c9-5-2(7(12)13)1-3(10)4(6(5)11)8(14)15/h1,10-11H,9H2,(H,12,13)(H,14,15). The van der Waals surface area contributed by atoms with Crippen LogP contribution in [-0.2, 0) is 0 Å². The highest BCUT2D eigenvalue weighted by Crippen LogP contribution is 2.35. The second kappa shape index (κ2) is 3.37. The smallest absolute Gasteiger partial charge is 0.343 e. The number of benzene rings is 1. The maximum atomic E-state index is 10.6. The van der Waals surface area contributed by atoms with Crippen LogP contribution in [0.4, 0.5) is 5.69 Å². The molecular weight excluding hydrogens is 206 g/mol. The van der Waals surface area contributed by atoms with E-state index in [9.17, 15) is 14.7 Å². The summed E-state index contributed by atoms with van der Waals surface area (Å²) in [5.41, 5.74) is 3.20. The molecule has 0 spiro atoms. The van der Waals surface area contributed by atoms with Gasteiger partial charge in [-0.1, -0.05) is 0 Å². The maximum Gasteiger partial charge on any atom is 0.343 e. The van der Waals surface area contributed by atoms with Crippen molar-refractivity contribution in [3.8, 4) is 11.5 Å². The first-order valence-corrected chi connectivity index (χ1v) is 3.67. The Morgan fingerprint density at radius 2 is 1.67 bits per heavy atom. The summed E-state index contributed by atoms with van der Waals surface area (Å²) >= 11 is 0. The number of hydrogen-bond donors (Lipinski definition) is 5. The van der Waals surface area contributed by atoms with E-state index in [0.29, 0.717) is 6.07 Å². The second-order valence-electron chi connectivity index (χ2n) is 2.69. The van der Waals surface area contributed by atoms with E-state index in [0.717, 1.165) is 0 Å². The maximum absolute atomic E-state index is 10.6. The van der Waals surface area contributed by atoms with Gasteiger partial charge in [-0.15, -0.1) is 0 Å². The van der Waals surface area contributed by atoms with Crippen LogP contribution in [0.15, 0.2) is 6.07 Å². The van der Waals surface area contributed by atoms with Crippen molar-refractivity contribution < 1.29 is 30.0 Å². The molecule has 0 radical (unpaired) electrons. The number of hydrogen-bond acceptors (Lipinski definition) is 5. The highest BCUT2D eigenvalue weighted by Gasteiger charge is 2.23. The van der Waals surface area contributed by atoms with Gasteiger partial charge in [-0.25, -0.2) is 9.59 Å². The largest absolute Gasteiger partial charge is 0.507 e. The predicted octanol–water partition coefficient (Wildman–Crippen LogP) is 0.0764. The van der Waals surface area contributed by atoms with Gasteiger partial charge in [-0.05, 0) is 6.07 Å². The summed E-state index contributed by atoms with van der Waals surface area (Å²) in [6, 6.07) is 0.668. The molecule has 0 unspecified atom stereocenters. The Kier molecular flexibility index (Phi) is 2.39. The van der Waals surface area contributed by atoms with Crippen LogP contribution in [0.25, 0.3) is 0 Å². The molecule has 0 bridgehead atoms. The van der Waals surface area contributed by atoms with Crippen molar-refractivity contribution in [1.82, 2.24) is 0 Å². The number of nitrogen functional groups attached to an aromatic ring is 1. The van der Waals surface area contributed by atoms with Crippen LogP contribution in [-0.4, -0.2) is 32.4 Å². The number of rotatable bonds is 2. The number of aromatic carboxylic acids is 2. The predicted molar refractivity (Wildman–Crippen MR) is 48.1 cm³/mol. The molecule has 0 aliphatic heterocycles. The molecule has 0 fully saturated rings. The third-order valence-corrected chi connectivity index (χ3v) is 1.76. The molecule has 0 aliphatic carbocycles. The highest BCUT2D eigenvalue weighted by molar-refractivity contribution is 6.02. The van der Waals surface area contributed by atoms with Crippen molar-refractivity contribution in [1.29, 1.82) is 0 Å². The Hall–Kier alpha value is -2.44. The van der Waals surface area contributed by atoms with Gasteiger partial charge in [0.1, 0.15) is 11.3 Å². The van der Waals surface area contributed by atoms with E-state index in [1.54, 1.807) is 0 Å². The van der Waals surface area contributed by atoms with Gasteiger partial charge in [-0.3, -0.25) is 0 Å². The average Bonchev–Trinajstić information content (AvgIpc) is 2.10. The minimum Gasteiger partial charge on any atom is -0.507 e. The van der Waals surface area contributed by atoms with Crippen molar-refractivity contribution in [3.63, 3.8) is 0 Å². The molecule has 15 heavy (non-hydrogen) atoms. The molecular formula is C8H7NO6. The Labute approximate surface area is 83.0 Å². The fourth-order valence-corrected chi connectivity index (χ4v) is 1.06. The molecule has 0 saturated heterocycles. The fraction of sp³-hybridized carbons (Fsp3) is 0. The van der Waals surface area contributed by atoms with E-state index in [-0.39, 0.29) is 0 Å². The minimum absolute atomic E-state index is 0.560. The lowest BCUT2D eigenvalue weighted by molar-refractivity contribution is 0.0675. The van der Waals surface area contributed by atoms with Crippen molar-refractivity contribution in [2.24, 2.45) is 0 Å². The normalized spacial score (nSPS) is 9.87. The molecule has 0 saturated carbocycles. The zero-order chi connectivity index (χ0) is 11.7. The highest BCUT2D eigenvalue weighted by atomic mass is 16.4. The molecule has 1 aromatic carbocycles. The van der Waals surface area contributed by atoms with Gasteiger partial charge in [0.15, 0.2) is 5.75 Å². The summed E-state index contributed by atoms with van der Waals surface area (Å²) < 4.78 is 0. The molecule has 6 N–H and O–H groups in total. The first-order chi connectivity index (χ1) is 6.86. The van der Waals surface area contributed by atoms with Crippen molar-refractivity contribution in [2.75, 3.05) is 5.73 Å². The number of nitrogens with two attached hydrogens (primary N) is 1.